The van der Waals surface area contributed by atoms with Crippen LogP contribution in [0.3, 0.4) is 0 Å². The molecule has 0 aromatic heterocycles. The van der Waals surface area contributed by atoms with Crippen molar-refractivity contribution in [2.75, 3.05) is 0 Å². The molecule has 1 aromatic rings. The van der Waals surface area contributed by atoms with Crippen LogP contribution >= 0.6 is 23.2 Å². The van der Waals surface area contributed by atoms with Crippen molar-refractivity contribution < 1.29 is 8.42 Å². The minimum atomic E-state index is -3.58. The maximum absolute atomic E-state index is 12.0. The summed E-state index contributed by atoms with van der Waals surface area (Å²) in [6, 6.07) is 6.11. The molecule has 0 spiro atoms. The Labute approximate surface area is 112 Å². The van der Waals surface area contributed by atoms with E-state index in [2.05, 4.69) is 4.72 Å². The SMILES string of the molecule is CC(Cl)CC(C)NS(=O)(=O)c1ccccc1Cl. The van der Waals surface area contributed by atoms with Gasteiger partial charge in [-0.1, -0.05) is 23.7 Å². The van der Waals surface area contributed by atoms with Gasteiger partial charge in [0.25, 0.3) is 0 Å². The maximum Gasteiger partial charge on any atom is 0.242 e. The summed E-state index contributed by atoms with van der Waals surface area (Å²) >= 11 is 11.7. The molecule has 96 valence electrons. The topological polar surface area (TPSA) is 46.2 Å². The van der Waals surface area contributed by atoms with Gasteiger partial charge in [0.1, 0.15) is 4.90 Å². The van der Waals surface area contributed by atoms with E-state index < -0.39 is 10.0 Å². The molecule has 0 bridgehead atoms. The van der Waals surface area contributed by atoms with Gasteiger partial charge in [0.2, 0.25) is 10.0 Å². The molecule has 6 heteroatoms. The molecule has 2 unspecified atom stereocenters. The van der Waals surface area contributed by atoms with E-state index in [0.29, 0.717) is 6.42 Å². The first-order valence-electron chi connectivity index (χ1n) is 5.24. The van der Waals surface area contributed by atoms with Crippen molar-refractivity contribution in [3.8, 4) is 0 Å². The van der Waals surface area contributed by atoms with Gasteiger partial charge in [-0.3, -0.25) is 0 Å². The Hall–Kier alpha value is -0.290. The Balaban J connectivity index is 2.86. The van der Waals surface area contributed by atoms with Gasteiger partial charge in [0.05, 0.1) is 5.02 Å². The lowest BCUT2D eigenvalue weighted by molar-refractivity contribution is 0.545. The van der Waals surface area contributed by atoms with Crippen LogP contribution in [0, 0.1) is 0 Å². The van der Waals surface area contributed by atoms with Crippen molar-refractivity contribution in [2.45, 2.75) is 36.6 Å². The zero-order valence-corrected chi connectivity index (χ0v) is 12.0. The largest absolute Gasteiger partial charge is 0.242 e. The highest BCUT2D eigenvalue weighted by atomic mass is 35.5. The molecule has 0 saturated carbocycles. The minimum Gasteiger partial charge on any atom is -0.208 e. The van der Waals surface area contributed by atoms with E-state index in [9.17, 15) is 8.42 Å². The van der Waals surface area contributed by atoms with E-state index in [-0.39, 0.29) is 21.3 Å². The van der Waals surface area contributed by atoms with Crippen LogP contribution in [0.25, 0.3) is 0 Å². The van der Waals surface area contributed by atoms with Crippen molar-refractivity contribution in [1.82, 2.24) is 4.72 Å². The van der Waals surface area contributed by atoms with Gasteiger partial charge >= 0.3 is 0 Å². The fraction of sp³-hybridized carbons (Fsp3) is 0.455. The van der Waals surface area contributed by atoms with Crippen LogP contribution < -0.4 is 4.72 Å². The summed E-state index contributed by atoms with van der Waals surface area (Å²) in [5.74, 6) is 0. The lowest BCUT2D eigenvalue weighted by Crippen LogP contribution is -2.34. The highest BCUT2D eigenvalue weighted by molar-refractivity contribution is 7.89. The second-order valence-corrected chi connectivity index (χ2v) is 6.80. The first kappa shape index (κ1) is 14.8. The number of nitrogens with one attached hydrogen (secondary N) is 1. The van der Waals surface area contributed by atoms with Gasteiger partial charge in [-0.2, -0.15) is 0 Å². The Bertz CT molecular complexity index is 474. The number of hydrogen-bond acceptors (Lipinski definition) is 2. The van der Waals surface area contributed by atoms with E-state index in [1.807, 2.05) is 6.92 Å². The highest BCUT2D eigenvalue weighted by Crippen LogP contribution is 2.20. The Morgan fingerprint density at radius 2 is 1.88 bits per heavy atom. The molecule has 2 atom stereocenters. The summed E-state index contributed by atoms with van der Waals surface area (Å²) in [6.07, 6.45) is 0.561. The second kappa shape index (κ2) is 6.05. The summed E-state index contributed by atoms with van der Waals surface area (Å²) in [4.78, 5) is 0.0933. The fourth-order valence-electron chi connectivity index (χ4n) is 1.53. The number of sulfonamides is 1. The summed E-state index contributed by atoms with van der Waals surface area (Å²) in [5.41, 5.74) is 0. The van der Waals surface area contributed by atoms with Crippen LogP contribution in [0.5, 0.6) is 0 Å². The van der Waals surface area contributed by atoms with Gasteiger partial charge in [-0.25, -0.2) is 13.1 Å². The lowest BCUT2D eigenvalue weighted by atomic mass is 10.2. The molecule has 0 heterocycles. The van der Waals surface area contributed by atoms with Crippen molar-refractivity contribution in [2.24, 2.45) is 0 Å². The number of alkyl halides is 1. The molecule has 1 rings (SSSR count). The smallest absolute Gasteiger partial charge is 0.208 e. The van der Waals surface area contributed by atoms with Crippen LogP contribution in [0.15, 0.2) is 29.2 Å². The number of benzene rings is 1. The van der Waals surface area contributed by atoms with Crippen molar-refractivity contribution in [1.29, 1.82) is 0 Å². The van der Waals surface area contributed by atoms with Crippen molar-refractivity contribution >= 4 is 33.2 Å². The van der Waals surface area contributed by atoms with E-state index in [1.54, 1.807) is 25.1 Å². The molecule has 1 N–H and O–H groups in total. The summed E-state index contributed by atoms with van der Waals surface area (Å²) in [5, 5.41) is 0.130. The standard InChI is InChI=1S/C11H15Cl2NO2S/c1-8(12)7-9(2)14-17(15,16)11-6-4-3-5-10(11)13/h3-6,8-9,14H,7H2,1-2H3. The Kier molecular flexibility index (Phi) is 5.25. The van der Waals surface area contributed by atoms with Crippen LogP contribution in [-0.4, -0.2) is 19.8 Å². The van der Waals surface area contributed by atoms with Gasteiger partial charge in [-0.05, 0) is 32.4 Å². The molecular weight excluding hydrogens is 281 g/mol. The molecule has 0 aliphatic heterocycles. The van der Waals surface area contributed by atoms with Gasteiger partial charge < -0.3 is 0 Å². The summed E-state index contributed by atoms with van der Waals surface area (Å²) < 4.78 is 26.6. The predicted molar refractivity (Wildman–Crippen MR) is 71.2 cm³/mol. The van der Waals surface area contributed by atoms with E-state index >= 15 is 0 Å². The van der Waals surface area contributed by atoms with Crippen LogP contribution in [0.4, 0.5) is 0 Å². The fourth-order valence-corrected chi connectivity index (χ4v) is 3.57. The zero-order chi connectivity index (χ0) is 13.1. The quantitative estimate of drug-likeness (QED) is 0.849. The van der Waals surface area contributed by atoms with Gasteiger partial charge in [-0.15, -0.1) is 11.6 Å². The number of halogens is 2. The Morgan fingerprint density at radius 1 is 1.29 bits per heavy atom. The molecule has 0 radical (unpaired) electrons. The van der Waals surface area contributed by atoms with E-state index in [4.69, 9.17) is 23.2 Å². The van der Waals surface area contributed by atoms with Gasteiger partial charge in [0, 0.05) is 11.4 Å². The third-order valence-electron chi connectivity index (χ3n) is 2.16. The van der Waals surface area contributed by atoms with Crippen molar-refractivity contribution in [3.63, 3.8) is 0 Å². The summed E-state index contributed by atoms with van der Waals surface area (Å²) in [6.45, 7) is 3.59. The molecule has 0 aliphatic carbocycles. The highest BCUT2D eigenvalue weighted by Gasteiger charge is 2.20. The molecular formula is C11H15Cl2NO2S. The first-order chi connectivity index (χ1) is 7.83. The number of hydrogen-bond donors (Lipinski definition) is 1. The minimum absolute atomic E-state index is 0.0843. The lowest BCUT2D eigenvalue weighted by Gasteiger charge is -2.15. The van der Waals surface area contributed by atoms with Crippen LogP contribution in [0.2, 0.25) is 5.02 Å². The molecule has 17 heavy (non-hydrogen) atoms. The predicted octanol–water partition coefficient (Wildman–Crippen LogP) is 3.02. The molecule has 3 nitrogen and oxygen atoms in total. The van der Waals surface area contributed by atoms with Crippen LogP contribution in [-0.2, 0) is 10.0 Å². The Morgan fingerprint density at radius 3 is 2.41 bits per heavy atom. The molecule has 0 fully saturated rings. The monoisotopic (exact) mass is 295 g/mol. The molecule has 0 saturated heterocycles. The maximum atomic E-state index is 12.0. The normalized spacial score (nSPS) is 15.5. The molecule has 0 aliphatic rings. The third-order valence-corrected chi connectivity index (χ3v) is 4.43. The average molecular weight is 296 g/mol. The van der Waals surface area contributed by atoms with Crippen LogP contribution in [0.1, 0.15) is 20.3 Å². The molecule has 0 amide bonds. The third kappa shape index (κ3) is 4.47. The van der Waals surface area contributed by atoms with E-state index in [0.717, 1.165) is 0 Å². The first-order valence-corrected chi connectivity index (χ1v) is 7.53. The van der Waals surface area contributed by atoms with Crippen molar-refractivity contribution in [3.05, 3.63) is 29.3 Å². The zero-order valence-electron chi connectivity index (χ0n) is 9.65. The van der Waals surface area contributed by atoms with Gasteiger partial charge in [0.15, 0.2) is 0 Å². The molecule has 1 aromatic carbocycles. The second-order valence-electron chi connectivity index (χ2n) is 3.97. The number of rotatable bonds is 5. The van der Waals surface area contributed by atoms with E-state index in [1.165, 1.54) is 6.07 Å². The summed E-state index contributed by atoms with van der Waals surface area (Å²) in [7, 11) is -3.58. The average Bonchev–Trinajstić information content (AvgIpc) is 2.15.